The van der Waals surface area contributed by atoms with Gasteiger partial charge in [0.2, 0.25) is 0 Å². The summed E-state index contributed by atoms with van der Waals surface area (Å²) in [5, 5.41) is 2.89. The molecular formula is C11H14FN3O2. The predicted molar refractivity (Wildman–Crippen MR) is 59.7 cm³/mol. The van der Waals surface area contributed by atoms with Gasteiger partial charge in [0.25, 0.3) is 5.91 Å². The van der Waals surface area contributed by atoms with Crippen molar-refractivity contribution >= 4 is 5.91 Å². The van der Waals surface area contributed by atoms with Crippen molar-refractivity contribution in [1.82, 2.24) is 10.3 Å². The zero-order valence-corrected chi connectivity index (χ0v) is 9.44. The number of aromatic nitrogens is 1. The van der Waals surface area contributed by atoms with E-state index in [0.29, 0.717) is 24.4 Å². The molecule has 0 bridgehead atoms. The number of primary amides is 1. The fraction of sp³-hybridized carbons (Fsp3) is 0.455. The smallest absolute Gasteiger partial charge is 0.267 e. The minimum absolute atomic E-state index is 0.207. The van der Waals surface area contributed by atoms with Gasteiger partial charge in [-0.2, -0.15) is 0 Å². The van der Waals surface area contributed by atoms with Crippen LogP contribution in [0.1, 0.15) is 16.1 Å². The number of halogens is 1. The first-order valence-electron chi connectivity index (χ1n) is 5.36. The second-order valence-corrected chi connectivity index (χ2v) is 4.03. The van der Waals surface area contributed by atoms with E-state index in [-0.39, 0.29) is 5.69 Å². The quantitative estimate of drug-likeness (QED) is 0.788. The zero-order chi connectivity index (χ0) is 12.4. The number of ether oxygens (including phenoxy) is 1. The fourth-order valence-electron chi connectivity index (χ4n) is 1.78. The lowest BCUT2D eigenvalue weighted by Crippen LogP contribution is -2.27. The highest BCUT2D eigenvalue weighted by atomic mass is 19.1. The minimum atomic E-state index is -1.02. The molecule has 6 heteroatoms. The van der Waals surface area contributed by atoms with E-state index in [1.807, 2.05) is 0 Å². The molecule has 0 radical (unpaired) electrons. The van der Waals surface area contributed by atoms with Gasteiger partial charge in [0.05, 0.1) is 6.20 Å². The van der Waals surface area contributed by atoms with Crippen LogP contribution in [0.5, 0.6) is 5.75 Å². The van der Waals surface area contributed by atoms with Crippen molar-refractivity contribution < 1.29 is 13.9 Å². The Morgan fingerprint density at radius 1 is 1.65 bits per heavy atom. The molecule has 2 heterocycles. The molecule has 2 rings (SSSR count). The standard InChI is InChI=1S/C11H14FN3O2/c1-6-2-7(3-15-10(6)11(13)16)17-9-5-14-4-8(9)12/h2-3,8-9,14H,4-5H2,1H3,(H2,13,16)/t8-,9+/m1/s1. The van der Waals surface area contributed by atoms with Crippen molar-refractivity contribution in [2.45, 2.75) is 19.2 Å². The third kappa shape index (κ3) is 2.52. The molecule has 1 amide bonds. The van der Waals surface area contributed by atoms with Crippen LogP contribution >= 0.6 is 0 Å². The molecule has 1 aliphatic rings. The lowest BCUT2D eigenvalue weighted by molar-refractivity contribution is 0.0994. The van der Waals surface area contributed by atoms with E-state index < -0.39 is 18.2 Å². The molecule has 1 aliphatic heterocycles. The maximum Gasteiger partial charge on any atom is 0.267 e. The van der Waals surface area contributed by atoms with Crippen LogP contribution in [0.25, 0.3) is 0 Å². The van der Waals surface area contributed by atoms with E-state index in [1.54, 1.807) is 13.0 Å². The van der Waals surface area contributed by atoms with Gasteiger partial charge in [-0.1, -0.05) is 0 Å². The first kappa shape index (κ1) is 11.8. The van der Waals surface area contributed by atoms with Crippen LogP contribution in [0.15, 0.2) is 12.3 Å². The first-order chi connectivity index (χ1) is 8.08. The number of hydrogen-bond donors (Lipinski definition) is 2. The monoisotopic (exact) mass is 239 g/mol. The van der Waals surface area contributed by atoms with Crippen molar-refractivity contribution in [2.75, 3.05) is 13.1 Å². The number of alkyl halides is 1. The van der Waals surface area contributed by atoms with Gasteiger partial charge < -0.3 is 15.8 Å². The Hall–Kier alpha value is -1.69. The van der Waals surface area contributed by atoms with E-state index in [1.165, 1.54) is 6.20 Å². The fourth-order valence-corrected chi connectivity index (χ4v) is 1.78. The third-order valence-corrected chi connectivity index (χ3v) is 2.66. The molecule has 0 saturated carbocycles. The molecule has 5 nitrogen and oxygen atoms in total. The Bertz CT molecular complexity index is 439. The maximum atomic E-state index is 13.3. The average Bonchev–Trinajstić information content (AvgIpc) is 2.64. The van der Waals surface area contributed by atoms with Crippen molar-refractivity contribution in [2.24, 2.45) is 5.73 Å². The summed E-state index contributed by atoms with van der Waals surface area (Å²) >= 11 is 0. The summed E-state index contributed by atoms with van der Waals surface area (Å²) in [6.07, 6.45) is -0.139. The highest BCUT2D eigenvalue weighted by molar-refractivity contribution is 5.92. The topological polar surface area (TPSA) is 77.2 Å². The van der Waals surface area contributed by atoms with Gasteiger partial charge in [0.1, 0.15) is 17.5 Å². The van der Waals surface area contributed by atoms with Gasteiger partial charge in [-0.25, -0.2) is 9.37 Å². The Balaban J connectivity index is 2.12. The number of pyridine rings is 1. The van der Waals surface area contributed by atoms with Crippen LogP contribution in [0.3, 0.4) is 0 Å². The summed E-state index contributed by atoms with van der Waals surface area (Å²) < 4.78 is 18.8. The third-order valence-electron chi connectivity index (χ3n) is 2.66. The number of nitrogens with zero attached hydrogens (tertiary/aromatic N) is 1. The molecular weight excluding hydrogens is 225 g/mol. The summed E-state index contributed by atoms with van der Waals surface area (Å²) in [5.74, 6) is -0.135. The van der Waals surface area contributed by atoms with Crippen molar-refractivity contribution in [1.29, 1.82) is 0 Å². The van der Waals surface area contributed by atoms with Gasteiger partial charge in [0, 0.05) is 13.1 Å². The zero-order valence-electron chi connectivity index (χ0n) is 9.44. The molecule has 3 N–H and O–H groups in total. The molecule has 1 fully saturated rings. The van der Waals surface area contributed by atoms with Crippen LogP contribution in [-0.2, 0) is 0 Å². The normalized spacial score (nSPS) is 23.6. The van der Waals surface area contributed by atoms with Gasteiger partial charge in [-0.3, -0.25) is 4.79 Å². The van der Waals surface area contributed by atoms with E-state index in [4.69, 9.17) is 10.5 Å². The number of amides is 1. The van der Waals surface area contributed by atoms with Crippen LogP contribution < -0.4 is 15.8 Å². The van der Waals surface area contributed by atoms with Gasteiger partial charge in [-0.05, 0) is 18.6 Å². The second kappa shape index (κ2) is 4.67. The summed E-state index contributed by atoms with van der Waals surface area (Å²) in [4.78, 5) is 14.9. The van der Waals surface area contributed by atoms with Crippen LogP contribution in [0.2, 0.25) is 0 Å². The number of nitrogens with two attached hydrogens (primary N) is 1. The number of aryl methyl sites for hydroxylation is 1. The molecule has 1 aromatic heterocycles. The molecule has 0 aliphatic carbocycles. The molecule has 17 heavy (non-hydrogen) atoms. The van der Waals surface area contributed by atoms with Crippen LogP contribution in [0.4, 0.5) is 4.39 Å². The maximum absolute atomic E-state index is 13.3. The molecule has 0 aromatic carbocycles. The highest BCUT2D eigenvalue weighted by Crippen LogP contribution is 2.18. The van der Waals surface area contributed by atoms with Crippen molar-refractivity contribution in [3.8, 4) is 5.75 Å². The summed E-state index contributed by atoms with van der Waals surface area (Å²) in [7, 11) is 0. The minimum Gasteiger partial charge on any atom is -0.484 e. The number of rotatable bonds is 3. The van der Waals surface area contributed by atoms with E-state index in [0.717, 1.165) is 0 Å². The van der Waals surface area contributed by atoms with Crippen LogP contribution in [-0.4, -0.2) is 36.3 Å². The molecule has 92 valence electrons. The Morgan fingerprint density at radius 2 is 2.41 bits per heavy atom. The lowest BCUT2D eigenvalue weighted by Gasteiger charge is -2.15. The summed E-state index contributed by atoms with van der Waals surface area (Å²) in [6.45, 7) is 2.48. The van der Waals surface area contributed by atoms with E-state index in [9.17, 15) is 9.18 Å². The summed E-state index contributed by atoms with van der Waals surface area (Å²) in [6, 6.07) is 1.64. The van der Waals surface area contributed by atoms with Crippen molar-refractivity contribution in [3.63, 3.8) is 0 Å². The van der Waals surface area contributed by atoms with Gasteiger partial charge in [0.15, 0.2) is 6.17 Å². The number of carbonyl (C=O) groups is 1. The Kier molecular flexibility index (Phi) is 3.23. The van der Waals surface area contributed by atoms with Gasteiger partial charge >= 0.3 is 0 Å². The number of hydrogen-bond acceptors (Lipinski definition) is 4. The lowest BCUT2D eigenvalue weighted by atomic mass is 10.2. The number of nitrogens with one attached hydrogen (secondary N) is 1. The molecule has 1 saturated heterocycles. The molecule has 0 spiro atoms. The average molecular weight is 239 g/mol. The first-order valence-corrected chi connectivity index (χ1v) is 5.36. The van der Waals surface area contributed by atoms with E-state index in [2.05, 4.69) is 10.3 Å². The van der Waals surface area contributed by atoms with Gasteiger partial charge in [-0.15, -0.1) is 0 Å². The highest BCUT2D eigenvalue weighted by Gasteiger charge is 2.28. The van der Waals surface area contributed by atoms with Crippen molar-refractivity contribution in [3.05, 3.63) is 23.5 Å². The molecule has 2 atom stereocenters. The summed E-state index contributed by atoms with van der Waals surface area (Å²) in [5.41, 5.74) is 5.97. The Labute approximate surface area is 98.2 Å². The Morgan fingerprint density at radius 3 is 2.94 bits per heavy atom. The number of carbonyl (C=O) groups excluding carboxylic acids is 1. The molecule has 0 unspecified atom stereocenters. The van der Waals surface area contributed by atoms with Crippen LogP contribution in [0, 0.1) is 6.92 Å². The van der Waals surface area contributed by atoms with E-state index >= 15 is 0 Å². The molecule has 1 aromatic rings. The largest absolute Gasteiger partial charge is 0.484 e. The predicted octanol–water partition coefficient (Wildman–Crippen LogP) is 0.178. The SMILES string of the molecule is Cc1cc(O[C@H]2CNC[C@H]2F)cnc1C(N)=O. The second-order valence-electron chi connectivity index (χ2n) is 4.03.